The van der Waals surface area contributed by atoms with Gasteiger partial charge in [-0.05, 0) is 37.0 Å². The summed E-state index contributed by atoms with van der Waals surface area (Å²) >= 11 is 0. The van der Waals surface area contributed by atoms with Crippen LogP contribution in [0.5, 0.6) is 11.5 Å². The van der Waals surface area contributed by atoms with Gasteiger partial charge in [-0.2, -0.15) is 0 Å². The SMILES string of the molecule is CC1CC(C)N(CC(O)c2ccc3c(c2)OCCO3)C1. The quantitative estimate of drug-likeness (QED) is 0.920. The maximum absolute atomic E-state index is 10.4. The fourth-order valence-corrected chi connectivity index (χ4v) is 3.24. The summed E-state index contributed by atoms with van der Waals surface area (Å²) in [7, 11) is 0. The van der Waals surface area contributed by atoms with Crippen LogP contribution in [0.25, 0.3) is 0 Å². The molecular weight excluding hydrogens is 254 g/mol. The Morgan fingerprint density at radius 1 is 1.25 bits per heavy atom. The molecule has 0 saturated carbocycles. The van der Waals surface area contributed by atoms with Crippen LogP contribution in [0.2, 0.25) is 0 Å². The summed E-state index contributed by atoms with van der Waals surface area (Å²) in [4.78, 5) is 2.37. The highest BCUT2D eigenvalue weighted by Crippen LogP contribution is 2.33. The number of nitrogens with zero attached hydrogens (tertiary/aromatic N) is 1. The molecule has 0 aromatic heterocycles. The van der Waals surface area contributed by atoms with Gasteiger partial charge >= 0.3 is 0 Å². The topological polar surface area (TPSA) is 41.9 Å². The van der Waals surface area contributed by atoms with Gasteiger partial charge in [-0.25, -0.2) is 0 Å². The first-order valence-electron chi connectivity index (χ1n) is 7.45. The zero-order valence-electron chi connectivity index (χ0n) is 12.2. The van der Waals surface area contributed by atoms with E-state index in [1.165, 1.54) is 6.42 Å². The van der Waals surface area contributed by atoms with E-state index in [1.54, 1.807) is 0 Å². The predicted octanol–water partition coefficient (Wildman–Crippen LogP) is 2.22. The van der Waals surface area contributed by atoms with Crippen LogP contribution in [-0.4, -0.2) is 42.4 Å². The smallest absolute Gasteiger partial charge is 0.161 e. The van der Waals surface area contributed by atoms with Gasteiger partial charge in [0.15, 0.2) is 11.5 Å². The van der Waals surface area contributed by atoms with Crippen molar-refractivity contribution in [2.45, 2.75) is 32.4 Å². The zero-order chi connectivity index (χ0) is 14.1. The standard InChI is InChI=1S/C16H23NO3/c1-11-7-12(2)17(9-11)10-14(18)13-3-4-15-16(8-13)20-6-5-19-15/h3-4,8,11-12,14,18H,5-7,9-10H2,1-2H3. The van der Waals surface area contributed by atoms with Crippen LogP contribution in [0.4, 0.5) is 0 Å². The fraction of sp³-hybridized carbons (Fsp3) is 0.625. The number of hydrogen-bond donors (Lipinski definition) is 1. The van der Waals surface area contributed by atoms with Gasteiger partial charge in [0.25, 0.3) is 0 Å². The Balaban J connectivity index is 1.69. The predicted molar refractivity (Wildman–Crippen MR) is 77.2 cm³/mol. The van der Waals surface area contributed by atoms with Crippen LogP contribution in [-0.2, 0) is 0 Å². The van der Waals surface area contributed by atoms with Crippen molar-refractivity contribution in [2.75, 3.05) is 26.3 Å². The first-order chi connectivity index (χ1) is 9.63. The molecule has 20 heavy (non-hydrogen) atoms. The number of likely N-dealkylation sites (tertiary alicyclic amines) is 1. The summed E-state index contributed by atoms with van der Waals surface area (Å²) in [6.07, 6.45) is 0.743. The van der Waals surface area contributed by atoms with Crippen molar-refractivity contribution in [1.82, 2.24) is 4.90 Å². The molecule has 110 valence electrons. The molecule has 2 heterocycles. The third-order valence-electron chi connectivity index (χ3n) is 4.27. The van der Waals surface area contributed by atoms with Crippen LogP contribution in [0.1, 0.15) is 31.9 Å². The number of aliphatic hydroxyl groups excluding tert-OH is 1. The van der Waals surface area contributed by atoms with E-state index in [-0.39, 0.29) is 0 Å². The third kappa shape index (κ3) is 2.76. The molecule has 4 heteroatoms. The molecule has 0 spiro atoms. The molecule has 0 radical (unpaired) electrons. The van der Waals surface area contributed by atoms with Gasteiger partial charge in [-0.3, -0.25) is 4.90 Å². The molecule has 4 nitrogen and oxygen atoms in total. The van der Waals surface area contributed by atoms with E-state index in [1.807, 2.05) is 18.2 Å². The van der Waals surface area contributed by atoms with Crippen molar-refractivity contribution in [3.63, 3.8) is 0 Å². The van der Waals surface area contributed by atoms with Gasteiger partial charge in [-0.15, -0.1) is 0 Å². The molecule has 3 rings (SSSR count). The van der Waals surface area contributed by atoms with E-state index in [2.05, 4.69) is 18.7 Å². The summed E-state index contributed by atoms with van der Waals surface area (Å²) in [6, 6.07) is 6.28. The number of benzene rings is 1. The monoisotopic (exact) mass is 277 g/mol. The van der Waals surface area contributed by atoms with Gasteiger partial charge in [-0.1, -0.05) is 13.0 Å². The minimum absolute atomic E-state index is 0.474. The molecule has 2 aliphatic heterocycles. The molecule has 1 saturated heterocycles. The molecule has 0 bridgehead atoms. The first kappa shape index (κ1) is 13.7. The molecule has 1 fully saturated rings. The minimum Gasteiger partial charge on any atom is -0.486 e. The van der Waals surface area contributed by atoms with E-state index >= 15 is 0 Å². The van der Waals surface area contributed by atoms with Crippen LogP contribution in [0.15, 0.2) is 18.2 Å². The van der Waals surface area contributed by atoms with Crippen molar-refractivity contribution < 1.29 is 14.6 Å². The van der Waals surface area contributed by atoms with E-state index in [0.717, 1.165) is 29.5 Å². The molecule has 3 atom stereocenters. The molecule has 1 N–H and O–H groups in total. The van der Waals surface area contributed by atoms with Crippen LogP contribution in [0.3, 0.4) is 0 Å². The van der Waals surface area contributed by atoms with Gasteiger partial charge in [0, 0.05) is 19.1 Å². The lowest BCUT2D eigenvalue weighted by atomic mass is 10.1. The second kappa shape index (κ2) is 5.62. The Labute approximate surface area is 120 Å². The van der Waals surface area contributed by atoms with Gasteiger partial charge in [0.05, 0.1) is 6.10 Å². The molecule has 3 unspecified atom stereocenters. The van der Waals surface area contributed by atoms with Crippen molar-refractivity contribution >= 4 is 0 Å². The average Bonchev–Trinajstić information content (AvgIpc) is 2.76. The highest BCUT2D eigenvalue weighted by molar-refractivity contribution is 5.44. The van der Waals surface area contributed by atoms with Crippen LogP contribution in [0, 0.1) is 5.92 Å². The third-order valence-corrected chi connectivity index (χ3v) is 4.27. The fourth-order valence-electron chi connectivity index (χ4n) is 3.24. The second-order valence-corrected chi connectivity index (χ2v) is 6.06. The number of β-amino-alcohol motifs (C(OH)–C–C–N with tert-alkyl or cyclic N) is 1. The Hall–Kier alpha value is -1.26. The Kier molecular flexibility index (Phi) is 3.85. The number of rotatable bonds is 3. The van der Waals surface area contributed by atoms with E-state index in [0.29, 0.717) is 25.8 Å². The van der Waals surface area contributed by atoms with Crippen LogP contribution < -0.4 is 9.47 Å². The summed E-state index contributed by atoms with van der Waals surface area (Å²) in [5, 5.41) is 10.4. The van der Waals surface area contributed by atoms with E-state index < -0.39 is 6.10 Å². The summed E-state index contributed by atoms with van der Waals surface area (Å²) < 4.78 is 11.1. The first-order valence-corrected chi connectivity index (χ1v) is 7.45. The van der Waals surface area contributed by atoms with Crippen molar-refractivity contribution in [3.8, 4) is 11.5 Å². The van der Waals surface area contributed by atoms with Gasteiger partial charge in [0.1, 0.15) is 13.2 Å². The van der Waals surface area contributed by atoms with E-state index in [4.69, 9.17) is 9.47 Å². The van der Waals surface area contributed by atoms with Crippen molar-refractivity contribution in [2.24, 2.45) is 5.92 Å². The van der Waals surface area contributed by atoms with Gasteiger partial charge in [0.2, 0.25) is 0 Å². The molecule has 1 aromatic carbocycles. The Bertz CT molecular complexity index is 477. The van der Waals surface area contributed by atoms with Crippen molar-refractivity contribution in [1.29, 1.82) is 0 Å². The molecular formula is C16H23NO3. The Morgan fingerprint density at radius 2 is 2.00 bits per heavy atom. The molecule has 0 amide bonds. The minimum atomic E-state index is -0.474. The molecule has 1 aromatic rings. The number of aliphatic hydroxyl groups is 1. The summed E-state index contributed by atoms with van der Waals surface area (Å²) in [5.74, 6) is 2.24. The van der Waals surface area contributed by atoms with Crippen molar-refractivity contribution in [3.05, 3.63) is 23.8 Å². The largest absolute Gasteiger partial charge is 0.486 e. The normalized spacial score (nSPS) is 27.6. The lowest BCUT2D eigenvalue weighted by Gasteiger charge is -2.25. The summed E-state index contributed by atoms with van der Waals surface area (Å²) in [6.45, 7) is 7.44. The number of fused-ring (bicyclic) bond motifs is 1. The van der Waals surface area contributed by atoms with E-state index in [9.17, 15) is 5.11 Å². The highest BCUT2D eigenvalue weighted by atomic mass is 16.6. The maximum Gasteiger partial charge on any atom is 0.161 e. The number of ether oxygens (including phenoxy) is 2. The van der Waals surface area contributed by atoms with Gasteiger partial charge < -0.3 is 14.6 Å². The van der Waals surface area contributed by atoms with Crippen LogP contribution >= 0.6 is 0 Å². The second-order valence-electron chi connectivity index (χ2n) is 6.06. The zero-order valence-corrected chi connectivity index (χ0v) is 12.2. The lowest BCUT2D eigenvalue weighted by Crippen LogP contribution is -2.31. The average molecular weight is 277 g/mol. The summed E-state index contributed by atoms with van der Waals surface area (Å²) in [5.41, 5.74) is 0.904. The molecule has 0 aliphatic carbocycles. The lowest BCUT2D eigenvalue weighted by molar-refractivity contribution is 0.108. The highest BCUT2D eigenvalue weighted by Gasteiger charge is 2.28. The molecule has 2 aliphatic rings. The number of hydrogen-bond acceptors (Lipinski definition) is 4. The maximum atomic E-state index is 10.4. The Morgan fingerprint density at radius 3 is 2.70 bits per heavy atom.